The van der Waals surface area contributed by atoms with Crippen molar-refractivity contribution in [3.8, 4) is 0 Å². The van der Waals surface area contributed by atoms with Crippen LogP contribution < -0.4 is 39.3 Å². The van der Waals surface area contributed by atoms with Crippen molar-refractivity contribution in [3.05, 3.63) is 244 Å². The molecule has 0 aliphatic carbocycles. The highest BCUT2D eigenvalue weighted by molar-refractivity contribution is 9.11. The van der Waals surface area contributed by atoms with Gasteiger partial charge in [-0.3, -0.25) is 64.8 Å². The zero-order valence-electron chi connectivity index (χ0n) is 78.7. The second-order valence-electron chi connectivity index (χ2n) is 35.1. The minimum Gasteiger partial charge on any atom is -0.444 e. The molecule has 0 bridgehead atoms. The van der Waals surface area contributed by atoms with Crippen molar-refractivity contribution < 1.29 is 52.9 Å². The van der Waals surface area contributed by atoms with E-state index in [9.17, 15) is 43.5 Å². The van der Waals surface area contributed by atoms with Gasteiger partial charge in [0.05, 0.1) is 22.2 Å². The van der Waals surface area contributed by atoms with Crippen LogP contribution in [0.3, 0.4) is 0 Å². The summed E-state index contributed by atoms with van der Waals surface area (Å²) in [5, 5.41) is 25.2. The number of thioether (sulfide) groups is 5. The molecule has 4 heterocycles. The Morgan fingerprint density at radius 2 is 0.733 bits per heavy atom. The number of benzene rings is 7. The van der Waals surface area contributed by atoms with Gasteiger partial charge in [-0.1, -0.05) is 221 Å². The molecule has 36 heteroatoms. The van der Waals surface area contributed by atoms with Gasteiger partial charge >= 0.3 is 12.2 Å². The molecule has 4 aliphatic heterocycles. The number of amidine groups is 5. The zero-order valence-corrected chi connectivity index (χ0v) is 94.7. The number of carbonyl (C=O) groups is 8. The monoisotopic (exact) mass is 2410 g/mol. The Morgan fingerprint density at radius 1 is 0.444 bits per heavy atom. The molecule has 0 spiro atoms. The van der Waals surface area contributed by atoms with Gasteiger partial charge in [-0.15, -0.1) is 12.4 Å². The average Bonchev–Trinajstić information content (AvgIpc) is 0.791. The number of ketones is 6. The predicted molar refractivity (Wildman–Crippen MR) is 596 cm³/mol. The van der Waals surface area contributed by atoms with Crippen LogP contribution in [0, 0.1) is 5.41 Å². The first kappa shape index (κ1) is 122. The summed E-state index contributed by atoms with van der Waals surface area (Å²) in [6, 6.07) is 40.7. The van der Waals surface area contributed by atoms with E-state index in [2.05, 4.69) is 171 Å². The van der Waals surface area contributed by atoms with E-state index in [1.807, 2.05) is 165 Å². The SMILES string of the molecule is C.C=CC(C)(O)c1cc(Br)cc(CC(C)=O)c1.CC(=O)Cc1cc(Br)cc(/C(C)=C/CSC(=N)N)c1.CC(=O)Cc1cc(Br)cc(C(C)=O)c1.CC(=O)Cc1cc(Br)cc(C2(C)CCSC(N)=N2)c1.CC(=O)Cc1cc(Br)cc(C2(C)CCSC(NC(=O)OC(C)(C)C)=N2)c1.CC(C)(C)OC(=O)NC1=NC(C)(c2cc(N)cc(Br)c2)CCS1.CC1(c2cc(N)cc(Br)c2)CCSC(N)=N1.Cl. The number of aliphatic imine (C=N–C) groups is 4. The number of hydrogen-bond donors (Lipinski definition) is 9. The molecular formula is C99H126Br7ClN12O11S5. The van der Waals surface area contributed by atoms with Crippen LogP contribution in [0.4, 0.5) is 21.0 Å². The number of ether oxygens (including phenoxy) is 2. The molecule has 135 heavy (non-hydrogen) atoms. The number of nitrogens with two attached hydrogens (primary N) is 5. The van der Waals surface area contributed by atoms with Crippen LogP contribution in [0.2, 0.25) is 0 Å². The van der Waals surface area contributed by atoms with Crippen molar-refractivity contribution in [2.75, 3.05) is 40.2 Å². The van der Waals surface area contributed by atoms with Crippen molar-refractivity contribution in [1.82, 2.24) is 10.6 Å². The zero-order chi connectivity index (χ0) is 100. The van der Waals surface area contributed by atoms with E-state index in [1.165, 1.54) is 55.2 Å². The normalized spacial score (nSPS) is 18.1. The number of aliphatic hydroxyl groups is 1. The number of halogens is 8. The topological polar surface area (TPSA) is 403 Å². The minimum absolute atomic E-state index is 0. The number of carbonyl (C=O) groups excluding carboxylic acids is 8. The molecule has 0 fully saturated rings. The number of alkyl carbamates (subject to hydrolysis) is 2. The van der Waals surface area contributed by atoms with Crippen molar-refractivity contribution in [1.29, 1.82) is 5.41 Å². The molecule has 5 atom stereocenters. The minimum atomic E-state index is -1.07. The summed E-state index contributed by atoms with van der Waals surface area (Å²) in [6.07, 6.45) is 8.21. The second-order valence-corrected chi connectivity index (χ2v) is 47.0. The molecule has 0 radical (unpaired) electrons. The molecule has 7 aromatic carbocycles. The van der Waals surface area contributed by atoms with Crippen LogP contribution in [0.1, 0.15) is 229 Å². The van der Waals surface area contributed by atoms with Gasteiger partial charge in [-0.05, 0) is 320 Å². The number of anilines is 2. The summed E-state index contributed by atoms with van der Waals surface area (Å²) < 4.78 is 17.0. The molecule has 11 rings (SSSR count). The van der Waals surface area contributed by atoms with Gasteiger partial charge in [-0.25, -0.2) is 9.59 Å². The molecule has 14 N–H and O–H groups in total. The first-order valence-corrected chi connectivity index (χ1v) is 52.6. The van der Waals surface area contributed by atoms with Gasteiger partial charge in [0.15, 0.2) is 31.6 Å². The summed E-state index contributed by atoms with van der Waals surface area (Å²) >= 11 is 31.6. The van der Waals surface area contributed by atoms with Crippen LogP contribution in [-0.2, 0) is 93.3 Å². The van der Waals surface area contributed by atoms with Crippen molar-refractivity contribution >= 4 is 272 Å². The fraction of sp³-hybridized carbons (Fsp3) is 0.404. The molecule has 23 nitrogen and oxygen atoms in total. The lowest BCUT2D eigenvalue weighted by Gasteiger charge is -2.31. The number of Topliss-reactive ketones (excluding diaryl/α,β-unsaturated/α-hetero) is 6. The van der Waals surface area contributed by atoms with E-state index in [-0.39, 0.29) is 70.8 Å². The summed E-state index contributed by atoms with van der Waals surface area (Å²) in [5.74, 6) is 4.98. The Bertz CT molecular complexity index is 5550. The molecule has 4 aliphatic rings. The largest absolute Gasteiger partial charge is 0.444 e. The van der Waals surface area contributed by atoms with Crippen LogP contribution in [0.5, 0.6) is 0 Å². The highest BCUT2D eigenvalue weighted by atomic mass is 79.9. The van der Waals surface area contributed by atoms with E-state index in [4.69, 9.17) is 53.5 Å². The van der Waals surface area contributed by atoms with Gasteiger partial charge in [0.2, 0.25) is 0 Å². The molecular weight excluding hydrogens is 2290 g/mol. The molecule has 0 aromatic heterocycles. The number of allylic oxidation sites excluding steroid dienone is 1. The van der Waals surface area contributed by atoms with Crippen LogP contribution >= 0.6 is 183 Å². The van der Waals surface area contributed by atoms with Crippen molar-refractivity contribution in [2.45, 2.75) is 229 Å². The number of amides is 2. The van der Waals surface area contributed by atoms with E-state index in [1.54, 1.807) is 70.3 Å². The average molecular weight is 2420 g/mol. The number of nitrogens with one attached hydrogen (secondary N) is 3. The Morgan fingerprint density at radius 3 is 1.04 bits per heavy atom. The second kappa shape index (κ2) is 56.1. The molecule has 0 saturated carbocycles. The number of nitrogens with zero attached hydrogens (tertiary/aromatic N) is 4. The summed E-state index contributed by atoms with van der Waals surface area (Å²) in [4.78, 5) is 110. The van der Waals surface area contributed by atoms with Gasteiger partial charge in [0, 0.05) is 109 Å². The Labute approximate surface area is 882 Å². The smallest absolute Gasteiger partial charge is 0.413 e. The van der Waals surface area contributed by atoms with Gasteiger partial charge < -0.3 is 43.2 Å². The third-order valence-electron chi connectivity index (χ3n) is 19.8. The number of nitrogen functional groups attached to an aromatic ring is 2. The van der Waals surface area contributed by atoms with E-state index in [0.29, 0.717) is 69.8 Å². The first-order chi connectivity index (χ1) is 61.6. The van der Waals surface area contributed by atoms with E-state index < -0.39 is 40.1 Å². The first-order valence-electron chi connectivity index (χ1n) is 42.2. The maximum atomic E-state index is 12.0. The Kier molecular flexibility index (Phi) is 50.9. The number of rotatable bonds is 20. The van der Waals surface area contributed by atoms with Crippen LogP contribution in [0.15, 0.2) is 197 Å². The maximum Gasteiger partial charge on any atom is 0.413 e. The highest BCUT2D eigenvalue weighted by Crippen LogP contribution is 2.42. The fourth-order valence-corrected chi connectivity index (χ4v) is 21.7. The standard InChI is InChI=1S/C19H25BrN2O3S.C16H22BrN3O2S.2C14H17BrN2OS.C13H15BrO2.C11H14BrN3S.C11H11BrO2.CH4.ClH/c1-12(23)8-13-9-14(11-15(20)10-13)19(5)6-7-26-16(22-19)21-17(24)25-18(2,3)4;1-15(2,3)22-14(21)19-13-20-16(4,5-6-23-13)10-7-11(17)9-12(18)8-10;1-9(18)5-10-6-11(8-12(15)7-10)14(2)3-4-19-13(16)17-14;1-9(3-4-19-14(16)17)12-6-11(5-10(2)18)7-13(15)8-12;1-4-13(3,16)11-6-10(5-9(2)15)7-12(14)8-11;1-11(2-3-16-10(14)15-11)7-4-8(12)6-9(13)5-7;1-7(13)3-9-4-10(8(2)14)6-11(12)5-9;;/h9-11H,6-8H2,1-5H3,(H,21,22,24);7-9H,5-6,18H2,1-4H3,(H,19,20,21);6-8H,3-5H2,1-2H3,(H2,16,17);3,6-8H,4-5H2,1-2H3,(H3,16,17);4,6-8,16H,1,5H2,2-3H3;4-6H,2-3,13H2,1H3,(H2,14,15);4-6H,3H2,1-2H3;1H4;1H/b;;;9-3+;;;;;. The summed E-state index contributed by atoms with van der Waals surface area (Å²) in [5.41, 5.74) is 39.1. The van der Waals surface area contributed by atoms with Gasteiger partial charge in [0.25, 0.3) is 0 Å². The summed E-state index contributed by atoms with van der Waals surface area (Å²) in [6.45, 7) is 35.9. The maximum absolute atomic E-state index is 12.0. The third-order valence-corrected chi connectivity index (χ3v) is 27.0. The fourth-order valence-electron chi connectivity index (χ4n) is 13.3. The van der Waals surface area contributed by atoms with Crippen LogP contribution in [-0.4, -0.2) is 118 Å². The van der Waals surface area contributed by atoms with Gasteiger partial charge in [0.1, 0.15) is 45.7 Å². The highest BCUT2D eigenvalue weighted by Gasteiger charge is 2.36. The molecule has 734 valence electrons. The molecule has 5 unspecified atom stereocenters. The molecule has 0 saturated heterocycles. The predicted octanol–water partition coefficient (Wildman–Crippen LogP) is 25.4. The Balaban J connectivity index is 0.000000408. The molecule has 7 aromatic rings. The third kappa shape index (κ3) is 45.2. The lowest BCUT2D eigenvalue weighted by Crippen LogP contribution is -2.38. The van der Waals surface area contributed by atoms with E-state index in [0.717, 1.165) is 152 Å². The molecule has 2 amide bonds. The quantitative estimate of drug-likeness (QED) is 0.0112. The Hall–Kier alpha value is -6.71. The van der Waals surface area contributed by atoms with Crippen molar-refractivity contribution in [2.24, 2.45) is 37.2 Å². The lowest BCUT2D eigenvalue weighted by molar-refractivity contribution is -0.117. The van der Waals surface area contributed by atoms with Crippen molar-refractivity contribution in [3.63, 3.8) is 0 Å². The van der Waals surface area contributed by atoms with E-state index >= 15 is 0 Å². The lowest BCUT2D eigenvalue weighted by atomic mass is 9.88. The summed E-state index contributed by atoms with van der Waals surface area (Å²) in [7, 11) is 0. The van der Waals surface area contributed by atoms with Gasteiger partial charge in [-0.2, -0.15) is 0 Å². The van der Waals surface area contributed by atoms with Crippen LogP contribution in [0.25, 0.3) is 5.57 Å². The number of hydrogen-bond acceptors (Lipinski definition) is 25.